The topological polar surface area (TPSA) is 80.8 Å². The number of nitrogens with zero attached hydrogens (tertiary/aromatic N) is 4. The van der Waals surface area contributed by atoms with Gasteiger partial charge >= 0.3 is 0 Å². The van der Waals surface area contributed by atoms with Crippen LogP contribution in [-0.2, 0) is 13.0 Å². The van der Waals surface area contributed by atoms with Gasteiger partial charge in [0, 0.05) is 30.9 Å². The van der Waals surface area contributed by atoms with E-state index < -0.39 is 0 Å². The largest absolute Gasteiger partial charge is 0.477 e. The first-order valence-electron chi connectivity index (χ1n) is 11.1. The molecule has 6 nitrogen and oxygen atoms in total. The standard InChI is InChI=1S/C26H28N4O2/c1-4-19-12-17(2)6-7-22(19)23-13-21(23)16-32-26-24(15-28-18(3)29-26)20-8-11-30(10-5-9-27)25(31)14-20/h6-8,11-12,14-15,21,23H,4-5,10,13,16H2,1-3H3. The van der Waals surface area contributed by atoms with Crippen molar-refractivity contribution in [3.63, 3.8) is 0 Å². The summed E-state index contributed by atoms with van der Waals surface area (Å²) >= 11 is 0. The molecule has 164 valence electrons. The van der Waals surface area contributed by atoms with Crippen LogP contribution in [0.5, 0.6) is 5.88 Å². The summed E-state index contributed by atoms with van der Waals surface area (Å²) in [5.74, 6) is 2.13. The molecule has 1 aromatic carbocycles. The number of ether oxygens (including phenoxy) is 1. The number of aromatic nitrogens is 3. The van der Waals surface area contributed by atoms with Gasteiger partial charge in [0.25, 0.3) is 5.56 Å². The summed E-state index contributed by atoms with van der Waals surface area (Å²) in [5.41, 5.74) is 5.44. The van der Waals surface area contributed by atoms with Gasteiger partial charge in [-0.15, -0.1) is 0 Å². The molecule has 1 fully saturated rings. The fraction of sp³-hybridized carbons (Fsp3) is 0.385. The Kier molecular flexibility index (Phi) is 6.36. The van der Waals surface area contributed by atoms with Gasteiger partial charge in [-0.3, -0.25) is 4.79 Å². The molecule has 0 N–H and O–H groups in total. The Bertz CT molecular complexity index is 1230. The zero-order valence-corrected chi connectivity index (χ0v) is 18.8. The van der Waals surface area contributed by atoms with Crippen LogP contribution in [0.3, 0.4) is 0 Å². The number of pyridine rings is 1. The van der Waals surface area contributed by atoms with Gasteiger partial charge in [0.15, 0.2) is 0 Å². The van der Waals surface area contributed by atoms with Crippen LogP contribution < -0.4 is 10.3 Å². The Hall–Kier alpha value is -3.46. The summed E-state index contributed by atoms with van der Waals surface area (Å²) in [6, 6.07) is 12.2. The maximum absolute atomic E-state index is 12.4. The summed E-state index contributed by atoms with van der Waals surface area (Å²) in [7, 11) is 0. The van der Waals surface area contributed by atoms with Gasteiger partial charge in [-0.05, 0) is 55.4 Å². The van der Waals surface area contributed by atoms with Gasteiger partial charge < -0.3 is 9.30 Å². The average Bonchev–Trinajstić information content (AvgIpc) is 3.56. The number of benzene rings is 1. The lowest BCUT2D eigenvalue weighted by Crippen LogP contribution is -2.18. The molecule has 2 aromatic heterocycles. The van der Waals surface area contributed by atoms with Gasteiger partial charge in [-0.25, -0.2) is 4.98 Å². The van der Waals surface area contributed by atoms with Crippen LogP contribution in [-0.4, -0.2) is 21.1 Å². The second-order valence-corrected chi connectivity index (χ2v) is 8.46. The monoisotopic (exact) mass is 428 g/mol. The van der Waals surface area contributed by atoms with Crippen LogP contribution in [0.1, 0.15) is 48.2 Å². The van der Waals surface area contributed by atoms with Crippen LogP contribution in [0.2, 0.25) is 0 Å². The molecule has 3 aromatic rings. The third kappa shape index (κ3) is 4.72. The number of hydrogen-bond donors (Lipinski definition) is 0. The van der Waals surface area contributed by atoms with Gasteiger partial charge in [0.1, 0.15) is 5.82 Å². The van der Waals surface area contributed by atoms with Crippen LogP contribution in [0, 0.1) is 31.1 Å². The predicted molar refractivity (Wildman–Crippen MR) is 124 cm³/mol. The second-order valence-electron chi connectivity index (χ2n) is 8.46. The molecular weight excluding hydrogens is 400 g/mol. The highest BCUT2D eigenvalue weighted by Gasteiger charge is 2.40. The molecule has 4 rings (SSSR count). The lowest BCUT2D eigenvalue weighted by Gasteiger charge is -2.12. The van der Waals surface area contributed by atoms with Gasteiger partial charge in [-0.2, -0.15) is 10.2 Å². The summed E-state index contributed by atoms with van der Waals surface area (Å²) in [4.78, 5) is 21.2. The number of aryl methyl sites for hydroxylation is 4. The molecule has 2 unspecified atom stereocenters. The van der Waals surface area contributed by atoms with Crippen LogP contribution in [0.4, 0.5) is 0 Å². The second kappa shape index (κ2) is 9.35. The van der Waals surface area contributed by atoms with Crippen LogP contribution in [0.25, 0.3) is 11.1 Å². The van der Waals surface area contributed by atoms with E-state index in [9.17, 15) is 4.79 Å². The van der Waals surface area contributed by atoms with Crippen molar-refractivity contribution >= 4 is 0 Å². The highest BCUT2D eigenvalue weighted by molar-refractivity contribution is 5.67. The first kappa shape index (κ1) is 21.8. The molecule has 6 heteroatoms. The molecule has 0 bridgehead atoms. The molecule has 1 saturated carbocycles. The Labute approximate surface area is 188 Å². The number of nitriles is 1. The minimum atomic E-state index is -0.155. The van der Waals surface area contributed by atoms with Crippen molar-refractivity contribution in [2.24, 2.45) is 5.92 Å². The van der Waals surface area contributed by atoms with Crippen molar-refractivity contribution in [2.75, 3.05) is 6.61 Å². The van der Waals surface area contributed by atoms with E-state index in [0.717, 1.165) is 18.4 Å². The average molecular weight is 429 g/mol. The molecule has 0 amide bonds. The zero-order valence-electron chi connectivity index (χ0n) is 18.8. The molecule has 32 heavy (non-hydrogen) atoms. The highest BCUT2D eigenvalue weighted by Crippen LogP contribution is 2.49. The lowest BCUT2D eigenvalue weighted by atomic mass is 9.98. The highest BCUT2D eigenvalue weighted by atomic mass is 16.5. The SMILES string of the molecule is CCc1cc(C)ccc1C1CC1COc1nc(C)ncc1-c1ccn(CCC#N)c(=O)c1. The Morgan fingerprint density at radius 1 is 1.25 bits per heavy atom. The fourth-order valence-electron chi connectivity index (χ4n) is 4.19. The third-order valence-electron chi connectivity index (χ3n) is 6.08. The van der Waals surface area contributed by atoms with Crippen LogP contribution in [0.15, 0.2) is 47.5 Å². The van der Waals surface area contributed by atoms with E-state index in [1.165, 1.54) is 21.3 Å². The third-order valence-corrected chi connectivity index (χ3v) is 6.08. The Balaban J connectivity index is 1.50. The number of hydrogen-bond acceptors (Lipinski definition) is 5. The van der Waals surface area contributed by atoms with Gasteiger partial charge in [0.05, 0.1) is 24.7 Å². The van der Waals surface area contributed by atoms with E-state index >= 15 is 0 Å². The van der Waals surface area contributed by atoms with Crippen molar-refractivity contribution in [1.82, 2.24) is 14.5 Å². The quantitative estimate of drug-likeness (QED) is 0.525. The van der Waals surface area contributed by atoms with Gasteiger partial charge in [-0.1, -0.05) is 30.7 Å². The van der Waals surface area contributed by atoms with E-state index in [0.29, 0.717) is 48.7 Å². The smallest absolute Gasteiger partial charge is 0.251 e. The Morgan fingerprint density at radius 2 is 2.09 bits per heavy atom. The normalized spacial score (nSPS) is 17.1. The first-order valence-corrected chi connectivity index (χ1v) is 11.1. The molecule has 1 aliphatic carbocycles. The minimum Gasteiger partial charge on any atom is -0.477 e. The maximum Gasteiger partial charge on any atom is 0.251 e. The molecule has 1 aliphatic rings. The summed E-state index contributed by atoms with van der Waals surface area (Å²) in [6.07, 6.45) is 5.87. The first-order chi connectivity index (χ1) is 15.5. The zero-order chi connectivity index (χ0) is 22.7. The van der Waals surface area contributed by atoms with Crippen LogP contribution >= 0.6 is 0 Å². The minimum absolute atomic E-state index is 0.155. The van der Waals surface area contributed by atoms with Gasteiger partial charge in [0.2, 0.25) is 5.88 Å². The lowest BCUT2D eigenvalue weighted by molar-refractivity contribution is 0.286. The summed E-state index contributed by atoms with van der Waals surface area (Å²) < 4.78 is 7.71. The van der Waals surface area contributed by atoms with E-state index in [4.69, 9.17) is 10.00 Å². The molecule has 2 heterocycles. The molecule has 0 spiro atoms. The van der Waals surface area contributed by atoms with E-state index in [2.05, 4.69) is 48.1 Å². The van der Waals surface area contributed by atoms with E-state index in [1.807, 2.05) is 13.0 Å². The van der Waals surface area contributed by atoms with Crippen molar-refractivity contribution < 1.29 is 4.74 Å². The van der Waals surface area contributed by atoms with E-state index in [1.54, 1.807) is 18.5 Å². The fourth-order valence-corrected chi connectivity index (χ4v) is 4.19. The van der Waals surface area contributed by atoms with Crippen molar-refractivity contribution in [3.05, 3.63) is 75.6 Å². The molecule has 2 atom stereocenters. The van der Waals surface area contributed by atoms with E-state index in [-0.39, 0.29) is 5.56 Å². The van der Waals surface area contributed by atoms with Crippen molar-refractivity contribution in [2.45, 2.75) is 52.5 Å². The maximum atomic E-state index is 12.4. The molecular formula is C26H28N4O2. The molecule has 0 aliphatic heterocycles. The summed E-state index contributed by atoms with van der Waals surface area (Å²) in [5, 5.41) is 8.76. The molecule has 0 radical (unpaired) electrons. The predicted octanol–water partition coefficient (Wildman–Crippen LogP) is 4.58. The Morgan fingerprint density at radius 3 is 2.84 bits per heavy atom. The summed E-state index contributed by atoms with van der Waals surface area (Å²) in [6.45, 7) is 7.14. The van der Waals surface area contributed by atoms with Crippen molar-refractivity contribution in [3.8, 4) is 23.1 Å². The van der Waals surface area contributed by atoms with Crippen molar-refractivity contribution in [1.29, 1.82) is 5.26 Å². The molecule has 0 saturated heterocycles. The number of rotatable bonds is 8.